The number of aryl methyl sites for hydroxylation is 2. The highest BCUT2D eigenvalue weighted by Gasteiger charge is 2.04. The van der Waals surface area contributed by atoms with Gasteiger partial charge in [-0.05, 0) is 47.8 Å². The van der Waals surface area contributed by atoms with Gasteiger partial charge < -0.3 is 15.5 Å². The quantitative estimate of drug-likeness (QED) is 0.437. The molecule has 1 heterocycles. The third-order valence-corrected chi connectivity index (χ3v) is 4.21. The number of rotatable bonds is 8. The van der Waals surface area contributed by atoms with Crippen LogP contribution in [0.4, 0.5) is 0 Å². The molecule has 0 atom stereocenters. The third kappa shape index (κ3) is 7.43. The summed E-state index contributed by atoms with van der Waals surface area (Å²) in [7, 11) is 4.18. The molecule has 2 N–H and O–H groups in total. The van der Waals surface area contributed by atoms with Crippen LogP contribution >= 0.6 is 11.3 Å². The van der Waals surface area contributed by atoms with E-state index in [2.05, 4.69) is 60.4 Å². The molecule has 1 aromatic rings. The number of guanidine groups is 1. The Bertz CT molecular complexity index is 420. The van der Waals surface area contributed by atoms with E-state index in [0.717, 1.165) is 50.7 Å². The molecule has 0 unspecified atom stereocenters. The lowest BCUT2D eigenvalue weighted by Crippen LogP contribution is -2.38. The van der Waals surface area contributed by atoms with Crippen molar-refractivity contribution in [1.82, 2.24) is 20.5 Å². The highest BCUT2D eigenvalue weighted by Crippen LogP contribution is 2.16. The number of nitrogens with zero attached hydrogens (tertiary/aromatic N) is 3. The fraction of sp³-hybridized carbons (Fsp3) is 0.733. The van der Waals surface area contributed by atoms with Crippen LogP contribution in [0.25, 0.3) is 0 Å². The Kier molecular flexibility index (Phi) is 8.30. The summed E-state index contributed by atoms with van der Waals surface area (Å²) in [5, 5.41) is 7.86. The van der Waals surface area contributed by atoms with Gasteiger partial charge in [-0.3, -0.25) is 4.99 Å². The standard InChI is InChI=1S/C15H29N5S/c1-6-16-15(17-9-7-11-20(4)5)18-10-8-14-19-12(2)13(3)21-14/h6-11H2,1-5H3,(H2,16,17,18). The van der Waals surface area contributed by atoms with Crippen molar-refractivity contribution in [3.8, 4) is 0 Å². The van der Waals surface area contributed by atoms with E-state index < -0.39 is 0 Å². The maximum atomic E-state index is 4.59. The molecule has 5 nitrogen and oxygen atoms in total. The van der Waals surface area contributed by atoms with Gasteiger partial charge in [-0.25, -0.2) is 4.98 Å². The zero-order valence-corrected chi connectivity index (χ0v) is 14.8. The smallest absolute Gasteiger partial charge is 0.191 e. The van der Waals surface area contributed by atoms with Gasteiger partial charge in [0.25, 0.3) is 0 Å². The van der Waals surface area contributed by atoms with Crippen molar-refractivity contribution < 1.29 is 0 Å². The third-order valence-electron chi connectivity index (χ3n) is 3.08. The van der Waals surface area contributed by atoms with Crippen molar-refractivity contribution in [2.75, 3.05) is 40.3 Å². The zero-order valence-electron chi connectivity index (χ0n) is 14.0. The molecule has 1 aromatic heterocycles. The monoisotopic (exact) mass is 311 g/mol. The number of hydrogen-bond donors (Lipinski definition) is 2. The average molecular weight is 311 g/mol. The Hall–Kier alpha value is -1.14. The van der Waals surface area contributed by atoms with E-state index in [1.165, 1.54) is 9.88 Å². The summed E-state index contributed by atoms with van der Waals surface area (Å²) in [6, 6.07) is 0. The number of nitrogens with one attached hydrogen (secondary N) is 2. The number of hydrogen-bond acceptors (Lipinski definition) is 4. The van der Waals surface area contributed by atoms with Crippen molar-refractivity contribution in [3.63, 3.8) is 0 Å². The van der Waals surface area contributed by atoms with Crippen molar-refractivity contribution in [1.29, 1.82) is 0 Å². The molecular formula is C15H29N5S. The summed E-state index contributed by atoms with van der Waals surface area (Å²) < 4.78 is 0. The molecule has 0 aliphatic rings. The first-order valence-electron chi connectivity index (χ1n) is 7.62. The van der Waals surface area contributed by atoms with E-state index in [9.17, 15) is 0 Å². The maximum Gasteiger partial charge on any atom is 0.191 e. The summed E-state index contributed by atoms with van der Waals surface area (Å²) in [5.74, 6) is 0.904. The number of aliphatic imine (C=N–C) groups is 1. The molecule has 1 rings (SSSR count). The van der Waals surface area contributed by atoms with Gasteiger partial charge in [0.2, 0.25) is 0 Å². The molecule has 0 aliphatic heterocycles. The van der Waals surface area contributed by atoms with Crippen LogP contribution in [0, 0.1) is 13.8 Å². The predicted molar refractivity (Wildman–Crippen MR) is 92.4 cm³/mol. The maximum absolute atomic E-state index is 4.59. The second-order valence-corrected chi connectivity index (χ2v) is 6.63. The minimum absolute atomic E-state index is 0.850. The van der Waals surface area contributed by atoms with Crippen molar-refractivity contribution in [2.24, 2.45) is 4.99 Å². The molecular weight excluding hydrogens is 282 g/mol. The fourth-order valence-corrected chi connectivity index (χ4v) is 2.79. The van der Waals surface area contributed by atoms with E-state index in [4.69, 9.17) is 0 Å². The molecule has 0 fully saturated rings. The first kappa shape index (κ1) is 17.9. The van der Waals surface area contributed by atoms with Gasteiger partial charge in [0.05, 0.1) is 10.7 Å². The lowest BCUT2D eigenvalue weighted by Gasteiger charge is -2.11. The Morgan fingerprint density at radius 3 is 2.62 bits per heavy atom. The lowest BCUT2D eigenvalue weighted by molar-refractivity contribution is 0.403. The van der Waals surface area contributed by atoms with Crippen molar-refractivity contribution >= 4 is 17.3 Å². The second kappa shape index (κ2) is 9.73. The molecule has 6 heteroatoms. The molecule has 0 aliphatic carbocycles. The van der Waals surface area contributed by atoms with E-state index in [1.54, 1.807) is 11.3 Å². The molecule has 0 saturated carbocycles. The van der Waals surface area contributed by atoms with Crippen molar-refractivity contribution in [2.45, 2.75) is 33.6 Å². The van der Waals surface area contributed by atoms with Gasteiger partial charge in [-0.2, -0.15) is 0 Å². The van der Waals surface area contributed by atoms with Crippen molar-refractivity contribution in [3.05, 3.63) is 15.6 Å². The number of aromatic nitrogens is 1. The SMILES string of the molecule is CCNC(=NCCCN(C)C)NCCc1nc(C)c(C)s1. The Balaban J connectivity index is 2.34. The summed E-state index contributed by atoms with van der Waals surface area (Å²) in [5.41, 5.74) is 1.15. The van der Waals surface area contributed by atoms with Gasteiger partial charge in [-0.1, -0.05) is 0 Å². The normalized spacial score (nSPS) is 12.0. The fourth-order valence-electron chi connectivity index (χ4n) is 1.85. The van der Waals surface area contributed by atoms with Gasteiger partial charge in [-0.15, -0.1) is 11.3 Å². The minimum Gasteiger partial charge on any atom is -0.357 e. The topological polar surface area (TPSA) is 52.6 Å². The Morgan fingerprint density at radius 2 is 2.05 bits per heavy atom. The first-order valence-corrected chi connectivity index (χ1v) is 8.44. The first-order chi connectivity index (χ1) is 10.0. The Morgan fingerprint density at radius 1 is 1.29 bits per heavy atom. The van der Waals surface area contributed by atoms with Gasteiger partial charge >= 0.3 is 0 Å². The largest absolute Gasteiger partial charge is 0.357 e. The highest BCUT2D eigenvalue weighted by atomic mass is 32.1. The predicted octanol–water partition coefficient (Wildman–Crippen LogP) is 1.81. The van der Waals surface area contributed by atoms with E-state index >= 15 is 0 Å². The zero-order chi connectivity index (χ0) is 15.7. The summed E-state index contributed by atoms with van der Waals surface area (Å²) in [6.45, 7) is 9.95. The lowest BCUT2D eigenvalue weighted by atomic mass is 10.4. The molecule has 0 bridgehead atoms. The Labute approximate surface area is 132 Å². The molecule has 0 aromatic carbocycles. The molecule has 120 valence electrons. The van der Waals surface area contributed by atoms with Crippen LogP contribution in [0.1, 0.15) is 28.9 Å². The molecule has 0 spiro atoms. The average Bonchev–Trinajstić information content (AvgIpc) is 2.73. The van der Waals surface area contributed by atoms with Crippen LogP contribution in [0.5, 0.6) is 0 Å². The molecule has 0 amide bonds. The van der Waals surface area contributed by atoms with E-state index in [-0.39, 0.29) is 0 Å². The van der Waals surface area contributed by atoms with Gasteiger partial charge in [0.15, 0.2) is 5.96 Å². The van der Waals surface area contributed by atoms with Crippen LogP contribution in [0.3, 0.4) is 0 Å². The molecule has 0 radical (unpaired) electrons. The van der Waals surface area contributed by atoms with Crippen LogP contribution < -0.4 is 10.6 Å². The molecule has 21 heavy (non-hydrogen) atoms. The second-order valence-electron chi connectivity index (χ2n) is 5.34. The van der Waals surface area contributed by atoms with Crippen LogP contribution in [0.15, 0.2) is 4.99 Å². The van der Waals surface area contributed by atoms with E-state index in [1.807, 2.05) is 0 Å². The summed E-state index contributed by atoms with van der Waals surface area (Å²) >= 11 is 1.79. The highest BCUT2D eigenvalue weighted by molar-refractivity contribution is 7.11. The molecule has 0 saturated heterocycles. The van der Waals surface area contributed by atoms with Gasteiger partial charge in [0, 0.05) is 30.9 Å². The summed E-state index contributed by atoms with van der Waals surface area (Å²) in [4.78, 5) is 12.6. The van der Waals surface area contributed by atoms with E-state index in [0.29, 0.717) is 0 Å². The minimum atomic E-state index is 0.850. The van der Waals surface area contributed by atoms with Crippen LogP contribution in [-0.4, -0.2) is 56.1 Å². The summed E-state index contributed by atoms with van der Waals surface area (Å²) in [6.07, 6.45) is 2.02. The van der Waals surface area contributed by atoms with Crippen LogP contribution in [0.2, 0.25) is 0 Å². The number of thiazole rings is 1. The van der Waals surface area contributed by atoms with Gasteiger partial charge in [0.1, 0.15) is 0 Å². The van der Waals surface area contributed by atoms with Crippen LogP contribution in [-0.2, 0) is 6.42 Å².